The molecular formula is C20H18F3NO. The second-order valence-corrected chi connectivity index (χ2v) is 6.14. The lowest BCUT2D eigenvalue weighted by molar-refractivity contribution is -0.136. The molecule has 0 aliphatic heterocycles. The van der Waals surface area contributed by atoms with Crippen molar-refractivity contribution in [2.75, 3.05) is 7.11 Å². The first-order chi connectivity index (χ1) is 11.8. The molecule has 0 saturated heterocycles. The van der Waals surface area contributed by atoms with Gasteiger partial charge in [0.1, 0.15) is 5.75 Å². The van der Waals surface area contributed by atoms with E-state index in [1.165, 1.54) is 6.07 Å². The van der Waals surface area contributed by atoms with Gasteiger partial charge in [-0.3, -0.25) is 4.98 Å². The maximum absolute atomic E-state index is 13.4. The van der Waals surface area contributed by atoms with Crippen LogP contribution in [0.1, 0.15) is 30.9 Å². The van der Waals surface area contributed by atoms with E-state index in [4.69, 9.17) is 4.74 Å². The highest BCUT2D eigenvalue weighted by molar-refractivity contribution is 5.99. The first-order valence-electron chi connectivity index (χ1n) is 7.96. The highest BCUT2D eigenvalue weighted by atomic mass is 19.4. The van der Waals surface area contributed by atoms with E-state index >= 15 is 0 Å². The number of hydrogen-bond acceptors (Lipinski definition) is 2. The summed E-state index contributed by atoms with van der Waals surface area (Å²) in [6.45, 7) is 3.99. The summed E-state index contributed by atoms with van der Waals surface area (Å²) < 4.78 is 45.6. The summed E-state index contributed by atoms with van der Waals surface area (Å²) in [6.07, 6.45) is -2.91. The maximum Gasteiger partial charge on any atom is 0.418 e. The van der Waals surface area contributed by atoms with E-state index in [0.29, 0.717) is 11.1 Å². The van der Waals surface area contributed by atoms with Gasteiger partial charge in [0.2, 0.25) is 0 Å². The lowest BCUT2D eigenvalue weighted by Crippen LogP contribution is -2.07. The average molecular weight is 345 g/mol. The van der Waals surface area contributed by atoms with Gasteiger partial charge in [-0.25, -0.2) is 0 Å². The van der Waals surface area contributed by atoms with Gasteiger partial charge in [-0.05, 0) is 29.2 Å². The molecule has 3 rings (SSSR count). The summed E-state index contributed by atoms with van der Waals surface area (Å²) in [7, 11) is 1.55. The van der Waals surface area contributed by atoms with Crippen LogP contribution in [-0.4, -0.2) is 12.1 Å². The van der Waals surface area contributed by atoms with Crippen molar-refractivity contribution in [1.82, 2.24) is 4.98 Å². The number of aromatic nitrogens is 1. The number of rotatable bonds is 3. The van der Waals surface area contributed by atoms with Crippen LogP contribution in [-0.2, 0) is 6.18 Å². The van der Waals surface area contributed by atoms with Crippen LogP contribution < -0.4 is 4.74 Å². The van der Waals surface area contributed by atoms with E-state index in [1.54, 1.807) is 25.4 Å². The Hall–Kier alpha value is -2.56. The number of hydrogen-bond donors (Lipinski definition) is 0. The van der Waals surface area contributed by atoms with Crippen molar-refractivity contribution in [2.24, 2.45) is 0 Å². The highest BCUT2D eigenvalue weighted by Crippen LogP contribution is 2.42. The molecule has 0 aliphatic rings. The number of halogens is 3. The smallest absolute Gasteiger partial charge is 0.418 e. The number of nitrogens with zero attached hydrogens (tertiary/aromatic N) is 1. The molecule has 3 aromatic rings. The Balaban J connectivity index is 2.45. The highest BCUT2D eigenvalue weighted by Gasteiger charge is 2.34. The van der Waals surface area contributed by atoms with Crippen molar-refractivity contribution < 1.29 is 17.9 Å². The van der Waals surface area contributed by atoms with Crippen LogP contribution >= 0.6 is 0 Å². The third-order valence-corrected chi connectivity index (χ3v) is 4.23. The molecule has 0 radical (unpaired) electrons. The molecule has 0 amide bonds. The molecular weight excluding hydrogens is 327 g/mol. The molecule has 0 fully saturated rings. The molecule has 0 bridgehead atoms. The van der Waals surface area contributed by atoms with Crippen LogP contribution in [0.5, 0.6) is 5.75 Å². The van der Waals surface area contributed by atoms with E-state index in [0.717, 1.165) is 22.8 Å². The number of alkyl halides is 3. The van der Waals surface area contributed by atoms with Gasteiger partial charge in [-0.1, -0.05) is 44.2 Å². The summed E-state index contributed by atoms with van der Waals surface area (Å²) >= 11 is 0. The molecule has 0 aliphatic carbocycles. The quantitative estimate of drug-likeness (QED) is 0.576. The SMILES string of the molecule is COc1ccccc1-c1c(C(C)C)cnc2c(C(F)(F)F)cccc12. The molecule has 0 saturated carbocycles. The van der Waals surface area contributed by atoms with Crippen LogP contribution in [0, 0.1) is 0 Å². The Morgan fingerprint density at radius 3 is 2.36 bits per heavy atom. The van der Waals surface area contributed by atoms with Gasteiger partial charge < -0.3 is 4.74 Å². The second-order valence-electron chi connectivity index (χ2n) is 6.14. The molecule has 0 atom stereocenters. The van der Waals surface area contributed by atoms with Crippen molar-refractivity contribution in [1.29, 1.82) is 0 Å². The van der Waals surface area contributed by atoms with Crippen LogP contribution in [0.25, 0.3) is 22.0 Å². The first-order valence-corrected chi connectivity index (χ1v) is 7.96. The van der Waals surface area contributed by atoms with Gasteiger partial charge in [0.25, 0.3) is 0 Å². The first kappa shape index (κ1) is 17.3. The molecule has 25 heavy (non-hydrogen) atoms. The van der Waals surface area contributed by atoms with Crippen molar-refractivity contribution >= 4 is 10.9 Å². The van der Waals surface area contributed by atoms with E-state index in [1.807, 2.05) is 32.0 Å². The number of ether oxygens (including phenoxy) is 1. The fourth-order valence-corrected chi connectivity index (χ4v) is 3.06. The minimum absolute atomic E-state index is 0.0414. The average Bonchev–Trinajstić information content (AvgIpc) is 2.59. The van der Waals surface area contributed by atoms with E-state index in [-0.39, 0.29) is 11.4 Å². The van der Waals surface area contributed by atoms with Gasteiger partial charge in [0.05, 0.1) is 18.2 Å². The maximum atomic E-state index is 13.4. The second kappa shape index (κ2) is 6.39. The largest absolute Gasteiger partial charge is 0.496 e. The third kappa shape index (κ3) is 3.06. The third-order valence-electron chi connectivity index (χ3n) is 4.23. The van der Waals surface area contributed by atoms with Crippen LogP contribution in [0.4, 0.5) is 13.2 Å². The van der Waals surface area contributed by atoms with Crippen molar-refractivity contribution in [2.45, 2.75) is 25.9 Å². The Labute approximate surface area is 144 Å². The zero-order valence-electron chi connectivity index (χ0n) is 14.2. The summed E-state index contributed by atoms with van der Waals surface area (Å²) in [5, 5.41) is 0.477. The molecule has 0 N–H and O–H groups in total. The molecule has 130 valence electrons. The van der Waals surface area contributed by atoms with Gasteiger partial charge in [0.15, 0.2) is 0 Å². The van der Waals surface area contributed by atoms with Gasteiger partial charge in [-0.15, -0.1) is 0 Å². The Morgan fingerprint density at radius 2 is 1.72 bits per heavy atom. The van der Waals surface area contributed by atoms with E-state index in [2.05, 4.69) is 4.98 Å². The zero-order chi connectivity index (χ0) is 18.2. The normalized spacial score (nSPS) is 12.0. The lowest BCUT2D eigenvalue weighted by Gasteiger charge is -2.19. The molecule has 1 heterocycles. The van der Waals surface area contributed by atoms with Crippen LogP contribution in [0.3, 0.4) is 0 Å². The molecule has 5 heteroatoms. The Morgan fingerprint density at radius 1 is 1.00 bits per heavy atom. The fraction of sp³-hybridized carbons (Fsp3) is 0.250. The standard InChI is InChI=1S/C20H18F3NO/c1-12(2)15-11-24-19-14(8-6-9-16(19)20(21,22)23)18(15)13-7-4-5-10-17(13)25-3/h4-12H,1-3H3. The number of fused-ring (bicyclic) bond motifs is 1. The number of para-hydroxylation sites is 2. The Bertz CT molecular complexity index is 916. The van der Waals surface area contributed by atoms with Crippen molar-refractivity contribution in [3.8, 4) is 16.9 Å². The minimum Gasteiger partial charge on any atom is -0.496 e. The monoisotopic (exact) mass is 345 g/mol. The summed E-state index contributed by atoms with van der Waals surface area (Å²) in [4.78, 5) is 4.15. The summed E-state index contributed by atoms with van der Waals surface area (Å²) in [5.41, 5.74) is 1.62. The summed E-state index contributed by atoms with van der Waals surface area (Å²) in [6, 6.07) is 11.5. The summed E-state index contributed by atoms with van der Waals surface area (Å²) in [5.74, 6) is 0.723. The minimum atomic E-state index is -4.45. The Kier molecular flexibility index (Phi) is 4.41. The van der Waals surface area contributed by atoms with E-state index < -0.39 is 11.7 Å². The zero-order valence-corrected chi connectivity index (χ0v) is 14.2. The number of benzene rings is 2. The van der Waals surface area contributed by atoms with Crippen LogP contribution in [0.15, 0.2) is 48.7 Å². The van der Waals surface area contributed by atoms with Crippen molar-refractivity contribution in [3.63, 3.8) is 0 Å². The molecule has 0 spiro atoms. The van der Waals surface area contributed by atoms with Gasteiger partial charge in [-0.2, -0.15) is 13.2 Å². The fourth-order valence-electron chi connectivity index (χ4n) is 3.06. The lowest BCUT2D eigenvalue weighted by atomic mass is 9.89. The molecule has 2 aromatic carbocycles. The predicted molar refractivity (Wildman–Crippen MR) is 92.8 cm³/mol. The molecule has 2 nitrogen and oxygen atoms in total. The molecule has 0 unspecified atom stereocenters. The van der Waals surface area contributed by atoms with Gasteiger partial charge >= 0.3 is 6.18 Å². The van der Waals surface area contributed by atoms with E-state index in [9.17, 15) is 13.2 Å². The number of pyridine rings is 1. The predicted octanol–water partition coefficient (Wildman–Crippen LogP) is 6.05. The topological polar surface area (TPSA) is 22.1 Å². The molecule has 1 aromatic heterocycles. The van der Waals surface area contributed by atoms with Crippen LogP contribution in [0.2, 0.25) is 0 Å². The van der Waals surface area contributed by atoms with Crippen molar-refractivity contribution in [3.05, 3.63) is 59.8 Å². The van der Waals surface area contributed by atoms with Gasteiger partial charge in [0, 0.05) is 17.1 Å². The number of methoxy groups -OCH3 is 1.